The summed E-state index contributed by atoms with van der Waals surface area (Å²) in [6.45, 7) is 25.7. The summed E-state index contributed by atoms with van der Waals surface area (Å²) < 4.78 is 64.7. The normalized spacial score (nSPS) is 27.2. The van der Waals surface area contributed by atoms with Crippen molar-refractivity contribution < 1.29 is 35.7 Å². The van der Waals surface area contributed by atoms with Gasteiger partial charge in [0, 0.05) is 13.2 Å². The minimum Gasteiger partial charge on any atom is -0.414 e. The Labute approximate surface area is 247 Å². The molecule has 1 aromatic rings. The Morgan fingerprint density at radius 2 is 1.61 bits per heavy atom. The second-order valence-corrected chi connectivity index (χ2v) is 24.6. The highest BCUT2D eigenvalue weighted by atomic mass is 32.2. The molecule has 2 unspecified atom stereocenters. The quantitative estimate of drug-likeness (QED) is 0.208. The molecule has 0 bridgehead atoms. The number of nitrogens with zero attached hydrogens (tertiary/aromatic N) is 3. The second-order valence-electron chi connectivity index (χ2n) is 13.7. The Hall–Kier alpha value is -1.18. The highest BCUT2D eigenvalue weighted by molar-refractivity contribution is 7.90. The van der Waals surface area contributed by atoms with Crippen molar-refractivity contribution in [3.05, 3.63) is 23.0 Å². The van der Waals surface area contributed by atoms with E-state index in [1.165, 1.54) is 4.68 Å². The lowest BCUT2D eigenvalue weighted by Crippen LogP contribution is -2.59. The van der Waals surface area contributed by atoms with Crippen molar-refractivity contribution in [2.24, 2.45) is 5.73 Å². The van der Waals surface area contributed by atoms with Crippen molar-refractivity contribution in [3.8, 4) is 0 Å². The van der Waals surface area contributed by atoms with E-state index in [9.17, 15) is 8.42 Å². The van der Waals surface area contributed by atoms with Crippen LogP contribution in [-0.2, 0) is 37.4 Å². The lowest BCUT2D eigenvalue weighted by atomic mass is 9.89. The first-order valence-electron chi connectivity index (χ1n) is 14.2. The number of ether oxygens (including phenoxy) is 3. The Morgan fingerprint density at radius 1 is 1.05 bits per heavy atom. The van der Waals surface area contributed by atoms with Crippen LogP contribution in [0.15, 0.2) is 17.3 Å². The van der Waals surface area contributed by atoms with Crippen molar-refractivity contribution >= 4 is 26.8 Å². The Morgan fingerprint density at radius 3 is 2.07 bits per heavy atom. The molecule has 12 nitrogen and oxygen atoms in total. The van der Waals surface area contributed by atoms with Gasteiger partial charge < -0.3 is 28.8 Å². The molecule has 0 saturated carbocycles. The van der Waals surface area contributed by atoms with Crippen molar-refractivity contribution in [3.63, 3.8) is 0 Å². The molecule has 2 N–H and O–H groups in total. The molecule has 0 aliphatic carbocycles. The zero-order valence-corrected chi connectivity index (χ0v) is 29.5. The zero-order valence-electron chi connectivity index (χ0n) is 26.7. The van der Waals surface area contributed by atoms with Crippen LogP contribution in [0.2, 0.25) is 36.3 Å². The van der Waals surface area contributed by atoms with Gasteiger partial charge in [-0.3, -0.25) is 0 Å². The molecule has 2 aliphatic heterocycles. The molecule has 15 heteroatoms. The fraction of sp³-hybridized carbons (Fsp3) is 0.846. The van der Waals surface area contributed by atoms with Gasteiger partial charge in [0.1, 0.15) is 17.9 Å². The topological polar surface area (TPSA) is 146 Å². The average Bonchev–Trinajstić information content (AvgIpc) is 3.46. The van der Waals surface area contributed by atoms with Crippen molar-refractivity contribution in [1.29, 1.82) is 0 Å². The maximum Gasteiger partial charge on any atom is 0.292 e. The highest BCUT2D eigenvalue weighted by Gasteiger charge is 2.67. The van der Waals surface area contributed by atoms with Gasteiger partial charge in [0.05, 0.1) is 23.9 Å². The van der Waals surface area contributed by atoms with Crippen LogP contribution in [0.3, 0.4) is 0 Å². The zero-order chi connectivity index (χ0) is 31.2. The Kier molecular flexibility index (Phi) is 9.81. The highest BCUT2D eigenvalue weighted by Crippen LogP contribution is 2.52. The Balaban J connectivity index is 2.15. The predicted molar refractivity (Wildman–Crippen MR) is 160 cm³/mol. The second kappa shape index (κ2) is 11.7. The standard InChI is InChI=1S/C26H50N4O8SSi2/c1-13-33-23(34-14-2)18-15-30(29-28-18)22-21(37-41(11,12)25(6,7)8)26(19(27)17-39(31,32)38-26)20(36-22)16-35-40(9,10)24(3,4)5/h15,17,20-23H,13-14,16,27H2,1-12H3/t20?,21-,22+,26?/m0/s1. The van der Waals surface area contributed by atoms with Crippen LogP contribution in [0.25, 0.3) is 0 Å². The van der Waals surface area contributed by atoms with E-state index in [0.717, 1.165) is 5.41 Å². The molecule has 0 radical (unpaired) electrons. The summed E-state index contributed by atoms with van der Waals surface area (Å²) in [5.41, 5.74) is 5.34. The molecule has 4 atom stereocenters. The fourth-order valence-electron chi connectivity index (χ4n) is 4.25. The summed E-state index contributed by atoms with van der Waals surface area (Å²) in [4.78, 5) is 0. The summed E-state index contributed by atoms with van der Waals surface area (Å²) in [5.74, 6) is 0. The van der Waals surface area contributed by atoms with Gasteiger partial charge in [-0.05, 0) is 50.1 Å². The number of aromatic nitrogens is 3. The van der Waals surface area contributed by atoms with Gasteiger partial charge in [-0.2, -0.15) is 8.42 Å². The smallest absolute Gasteiger partial charge is 0.292 e. The number of hydrogen-bond donors (Lipinski definition) is 1. The largest absolute Gasteiger partial charge is 0.414 e. The third kappa shape index (κ3) is 6.83. The first kappa shape index (κ1) is 34.3. The van der Waals surface area contributed by atoms with E-state index in [0.29, 0.717) is 18.9 Å². The van der Waals surface area contributed by atoms with Gasteiger partial charge in [-0.1, -0.05) is 46.8 Å². The lowest BCUT2D eigenvalue weighted by Gasteiger charge is -2.43. The summed E-state index contributed by atoms with van der Waals surface area (Å²) in [6.07, 6.45) is -1.87. The lowest BCUT2D eigenvalue weighted by molar-refractivity contribution is -0.142. The summed E-state index contributed by atoms with van der Waals surface area (Å²) in [6, 6.07) is 0. The molecule has 3 heterocycles. The van der Waals surface area contributed by atoms with Gasteiger partial charge in [0.2, 0.25) is 6.29 Å². The summed E-state index contributed by atoms with van der Waals surface area (Å²) in [5, 5.41) is 9.28. The van der Waals surface area contributed by atoms with Crippen LogP contribution in [0.4, 0.5) is 0 Å². The average molecular weight is 635 g/mol. The molecular formula is C26H50N4O8SSi2. The molecule has 0 aromatic carbocycles. The molecule has 2 aliphatic rings. The van der Waals surface area contributed by atoms with Crippen LogP contribution in [0.1, 0.15) is 73.6 Å². The summed E-state index contributed by atoms with van der Waals surface area (Å²) in [7, 11) is -8.94. The van der Waals surface area contributed by atoms with E-state index in [-0.39, 0.29) is 22.4 Å². The van der Waals surface area contributed by atoms with Gasteiger partial charge in [-0.15, -0.1) is 5.10 Å². The number of hydrogen-bond acceptors (Lipinski definition) is 11. The summed E-state index contributed by atoms with van der Waals surface area (Å²) >= 11 is 0. The van der Waals surface area contributed by atoms with Crippen molar-refractivity contribution in [1.82, 2.24) is 15.0 Å². The van der Waals surface area contributed by atoms with Crippen LogP contribution in [0.5, 0.6) is 0 Å². The number of rotatable bonds is 11. The fourth-order valence-corrected chi connectivity index (χ4v) is 7.76. The van der Waals surface area contributed by atoms with E-state index in [2.05, 4.69) is 78.0 Å². The van der Waals surface area contributed by atoms with E-state index >= 15 is 0 Å². The van der Waals surface area contributed by atoms with Gasteiger partial charge in [0.25, 0.3) is 10.1 Å². The van der Waals surface area contributed by atoms with Crippen molar-refractivity contribution in [2.45, 2.75) is 122 Å². The van der Waals surface area contributed by atoms with Crippen LogP contribution in [-0.4, -0.2) is 77.7 Å². The number of nitrogens with two attached hydrogens (primary N) is 1. The molecule has 41 heavy (non-hydrogen) atoms. The van der Waals surface area contributed by atoms with Gasteiger partial charge in [0.15, 0.2) is 28.5 Å². The third-order valence-corrected chi connectivity index (χ3v) is 18.7. The first-order chi connectivity index (χ1) is 18.6. The van der Waals surface area contributed by atoms with E-state index in [1.807, 2.05) is 13.8 Å². The molecular weight excluding hydrogens is 585 g/mol. The molecule has 3 rings (SSSR count). The van der Waals surface area contributed by atoms with E-state index in [1.54, 1.807) is 6.20 Å². The minimum atomic E-state index is -4.12. The SMILES string of the molecule is CCOC(OCC)c1cn([C@@H]2OC(CO[Si](C)(C)C(C)(C)C)C3(OS(=O)(=O)C=C3N)[C@H]2O[Si](C)(C)C(C)(C)C)nn1. The van der Waals surface area contributed by atoms with E-state index < -0.39 is 57.1 Å². The van der Waals surface area contributed by atoms with Crippen LogP contribution < -0.4 is 5.73 Å². The molecule has 0 amide bonds. The predicted octanol–water partition coefficient (Wildman–Crippen LogP) is 4.56. The Bertz CT molecular complexity index is 1200. The molecule has 1 fully saturated rings. The monoisotopic (exact) mass is 634 g/mol. The molecule has 236 valence electrons. The minimum absolute atomic E-state index is 0.00869. The maximum atomic E-state index is 12.9. The molecule has 1 spiro atoms. The van der Waals surface area contributed by atoms with Gasteiger partial charge >= 0.3 is 0 Å². The molecule has 1 aromatic heterocycles. The third-order valence-electron chi connectivity index (χ3n) is 8.74. The first-order valence-corrected chi connectivity index (χ1v) is 21.5. The van der Waals surface area contributed by atoms with Crippen molar-refractivity contribution in [2.75, 3.05) is 19.8 Å². The molecule has 1 saturated heterocycles. The van der Waals surface area contributed by atoms with Gasteiger partial charge in [-0.25, -0.2) is 8.86 Å². The van der Waals surface area contributed by atoms with E-state index in [4.69, 9.17) is 33.0 Å². The maximum absolute atomic E-state index is 12.9. The van der Waals surface area contributed by atoms with Crippen LogP contribution in [0, 0.1) is 0 Å². The van der Waals surface area contributed by atoms with Crippen LogP contribution >= 0.6 is 0 Å².